The lowest BCUT2D eigenvalue weighted by Crippen LogP contribution is -2.23. The van der Waals surface area contributed by atoms with Gasteiger partial charge < -0.3 is 14.6 Å². The summed E-state index contributed by atoms with van der Waals surface area (Å²) in [4.78, 5) is 0. The molecule has 0 aliphatic carbocycles. The summed E-state index contributed by atoms with van der Waals surface area (Å²) in [6.45, 7) is 3.73. The smallest absolute Gasteiger partial charge is 0.0585 e. The fraction of sp³-hybridized carbons (Fsp3) is 0.636. The van der Waals surface area contributed by atoms with Crippen LogP contribution in [-0.4, -0.2) is 24.3 Å². The standard InChI is InChI=1S/C11H17ClN2O/c1-14-7-10(12)4-11(14)6-13-5-9-2-3-15-8-9/h4,7,9,13H,2-3,5-6,8H2,1H3. The van der Waals surface area contributed by atoms with Gasteiger partial charge in [0.25, 0.3) is 0 Å². The van der Waals surface area contributed by atoms with Crippen molar-refractivity contribution in [2.75, 3.05) is 19.8 Å². The van der Waals surface area contributed by atoms with Gasteiger partial charge in [0.05, 0.1) is 11.6 Å². The number of aromatic nitrogens is 1. The second-order valence-corrected chi connectivity index (χ2v) is 4.56. The first-order valence-electron chi connectivity index (χ1n) is 5.35. The summed E-state index contributed by atoms with van der Waals surface area (Å²) in [5.74, 6) is 0.681. The Morgan fingerprint density at radius 2 is 2.53 bits per heavy atom. The van der Waals surface area contributed by atoms with E-state index in [2.05, 4.69) is 9.88 Å². The molecule has 0 saturated carbocycles. The number of nitrogens with one attached hydrogen (secondary N) is 1. The van der Waals surface area contributed by atoms with Gasteiger partial charge in [-0.2, -0.15) is 0 Å². The number of halogens is 1. The van der Waals surface area contributed by atoms with Crippen LogP contribution >= 0.6 is 11.6 Å². The molecule has 84 valence electrons. The average molecular weight is 229 g/mol. The van der Waals surface area contributed by atoms with Gasteiger partial charge in [0.15, 0.2) is 0 Å². The normalized spacial score (nSPS) is 21.1. The molecule has 0 aromatic carbocycles. The molecule has 0 radical (unpaired) electrons. The minimum absolute atomic E-state index is 0.681. The van der Waals surface area contributed by atoms with E-state index in [4.69, 9.17) is 16.3 Å². The molecule has 1 aromatic heterocycles. The van der Waals surface area contributed by atoms with E-state index in [9.17, 15) is 0 Å². The van der Waals surface area contributed by atoms with Gasteiger partial charge in [-0.05, 0) is 18.4 Å². The van der Waals surface area contributed by atoms with Crippen molar-refractivity contribution < 1.29 is 4.74 Å². The Kier molecular flexibility index (Phi) is 3.67. The van der Waals surface area contributed by atoms with Crippen LogP contribution in [0, 0.1) is 5.92 Å². The fourth-order valence-electron chi connectivity index (χ4n) is 1.89. The highest BCUT2D eigenvalue weighted by atomic mass is 35.5. The van der Waals surface area contributed by atoms with Crippen LogP contribution in [0.4, 0.5) is 0 Å². The molecule has 1 N–H and O–H groups in total. The molecule has 1 atom stereocenters. The van der Waals surface area contributed by atoms with Crippen LogP contribution in [0.1, 0.15) is 12.1 Å². The molecule has 1 saturated heterocycles. The maximum Gasteiger partial charge on any atom is 0.0585 e. The van der Waals surface area contributed by atoms with Crippen molar-refractivity contribution in [2.45, 2.75) is 13.0 Å². The van der Waals surface area contributed by atoms with E-state index >= 15 is 0 Å². The Bertz CT molecular complexity index is 318. The van der Waals surface area contributed by atoms with Crippen molar-refractivity contribution in [1.29, 1.82) is 0 Å². The summed E-state index contributed by atoms with van der Waals surface area (Å²) in [6, 6.07) is 2.00. The van der Waals surface area contributed by atoms with Crippen LogP contribution < -0.4 is 5.32 Å². The zero-order chi connectivity index (χ0) is 10.7. The topological polar surface area (TPSA) is 26.2 Å². The molecule has 0 bridgehead atoms. The SMILES string of the molecule is Cn1cc(Cl)cc1CNCC1CCOC1. The second kappa shape index (κ2) is 5.01. The van der Waals surface area contributed by atoms with Gasteiger partial charge >= 0.3 is 0 Å². The Labute approximate surface area is 95.4 Å². The van der Waals surface area contributed by atoms with Crippen molar-refractivity contribution in [2.24, 2.45) is 13.0 Å². The summed E-state index contributed by atoms with van der Waals surface area (Å²) < 4.78 is 7.38. The largest absolute Gasteiger partial charge is 0.381 e. The van der Waals surface area contributed by atoms with Gasteiger partial charge in [-0.15, -0.1) is 0 Å². The molecule has 4 heteroatoms. The molecule has 1 aliphatic heterocycles. The maximum atomic E-state index is 5.90. The lowest BCUT2D eigenvalue weighted by molar-refractivity contribution is 0.185. The highest BCUT2D eigenvalue weighted by Crippen LogP contribution is 2.13. The van der Waals surface area contributed by atoms with Crippen molar-refractivity contribution >= 4 is 11.6 Å². The number of hydrogen-bond acceptors (Lipinski definition) is 2. The fourth-order valence-corrected chi connectivity index (χ4v) is 2.16. The van der Waals surface area contributed by atoms with Crippen LogP contribution in [0.2, 0.25) is 5.02 Å². The van der Waals surface area contributed by atoms with Crippen molar-refractivity contribution in [3.63, 3.8) is 0 Å². The number of aryl methyl sites for hydroxylation is 1. The second-order valence-electron chi connectivity index (χ2n) is 4.12. The molecule has 15 heavy (non-hydrogen) atoms. The van der Waals surface area contributed by atoms with Gasteiger partial charge in [0, 0.05) is 38.6 Å². The third-order valence-electron chi connectivity index (χ3n) is 2.84. The van der Waals surface area contributed by atoms with Crippen molar-refractivity contribution in [3.8, 4) is 0 Å². The van der Waals surface area contributed by atoms with E-state index in [1.54, 1.807) is 0 Å². The van der Waals surface area contributed by atoms with E-state index in [0.717, 1.165) is 31.3 Å². The summed E-state index contributed by atoms with van der Waals surface area (Å²) in [7, 11) is 2.02. The first-order chi connectivity index (χ1) is 7.25. The molecule has 0 spiro atoms. The molecule has 1 aromatic rings. The summed E-state index contributed by atoms with van der Waals surface area (Å²) >= 11 is 5.90. The van der Waals surface area contributed by atoms with Gasteiger partial charge in [0.2, 0.25) is 0 Å². The van der Waals surface area contributed by atoms with Crippen LogP contribution in [0.5, 0.6) is 0 Å². The van der Waals surface area contributed by atoms with Gasteiger partial charge in [-0.3, -0.25) is 0 Å². The quantitative estimate of drug-likeness (QED) is 0.851. The number of rotatable bonds is 4. The molecule has 1 fully saturated rings. The highest BCUT2D eigenvalue weighted by Gasteiger charge is 2.14. The molecule has 1 aliphatic rings. The number of ether oxygens (including phenoxy) is 1. The van der Waals surface area contributed by atoms with Crippen LogP contribution in [0.3, 0.4) is 0 Å². The molecule has 2 heterocycles. The highest BCUT2D eigenvalue weighted by molar-refractivity contribution is 6.30. The Morgan fingerprint density at radius 3 is 3.13 bits per heavy atom. The Morgan fingerprint density at radius 1 is 1.67 bits per heavy atom. The minimum atomic E-state index is 0.681. The lowest BCUT2D eigenvalue weighted by Gasteiger charge is -2.09. The first kappa shape index (κ1) is 11.0. The van der Waals surface area contributed by atoms with Gasteiger partial charge in [-0.1, -0.05) is 11.6 Å². The monoisotopic (exact) mass is 228 g/mol. The first-order valence-corrected chi connectivity index (χ1v) is 5.72. The summed E-state index contributed by atoms with van der Waals surface area (Å²) in [5.41, 5.74) is 1.22. The van der Waals surface area contributed by atoms with Gasteiger partial charge in [0.1, 0.15) is 0 Å². The molecule has 2 rings (SSSR count). The molecular weight excluding hydrogens is 212 g/mol. The van der Waals surface area contributed by atoms with Crippen molar-refractivity contribution in [1.82, 2.24) is 9.88 Å². The van der Waals surface area contributed by atoms with E-state index in [0.29, 0.717) is 5.92 Å². The number of nitrogens with zero attached hydrogens (tertiary/aromatic N) is 1. The number of hydrogen-bond donors (Lipinski definition) is 1. The van der Waals surface area contributed by atoms with Crippen LogP contribution in [0.25, 0.3) is 0 Å². The molecular formula is C11H17ClN2O. The summed E-state index contributed by atoms with van der Waals surface area (Å²) in [6.07, 6.45) is 3.11. The molecule has 3 nitrogen and oxygen atoms in total. The van der Waals surface area contributed by atoms with Gasteiger partial charge in [-0.25, -0.2) is 0 Å². The summed E-state index contributed by atoms with van der Waals surface area (Å²) in [5, 5.41) is 4.24. The molecule has 0 amide bonds. The van der Waals surface area contributed by atoms with E-state index in [-0.39, 0.29) is 0 Å². The third kappa shape index (κ3) is 2.97. The molecule has 1 unspecified atom stereocenters. The van der Waals surface area contributed by atoms with Crippen LogP contribution in [-0.2, 0) is 18.3 Å². The Hall–Kier alpha value is -0.510. The van der Waals surface area contributed by atoms with E-state index < -0.39 is 0 Å². The zero-order valence-electron chi connectivity index (χ0n) is 9.00. The lowest BCUT2D eigenvalue weighted by atomic mass is 10.1. The third-order valence-corrected chi connectivity index (χ3v) is 3.04. The average Bonchev–Trinajstić information content (AvgIpc) is 2.77. The van der Waals surface area contributed by atoms with Crippen molar-refractivity contribution in [3.05, 3.63) is 23.0 Å². The van der Waals surface area contributed by atoms with Crippen LogP contribution in [0.15, 0.2) is 12.3 Å². The van der Waals surface area contributed by atoms with E-state index in [1.165, 1.54) is 12.1 Å². The predicted molar refractivity (Wildman–Crippen MR) is 61.1 cm³/mol. The van der Waals surface area contributed by atoms with E-state index in [1.807, 2.05) is 19.3 Å². The minimum Gasteiger partial charge on any atom is -0.381 e. The zero-order valence-corrected chi connectivity index (χ0v) is 9.76. The Balaban J connectivity index is 1.75. The predicted octanol–water partition coefficient (Wildman–Crippen LogP) is 1.80. The maximum absolute atomic E-state index is 5.90.